The van der Waals surface area contributed by atoms with Crippen LogP contribution in [0.1, 0.15) is 21.5 Å². The molecule has 3 aromatic heterocycles. The van der Waals surface area contributed by atoms with Gasteiger partial charge < -0.3 is 10.1 Å². The number of carbonyl (C=O) groups is 1. The van der Waals surface area contributed by atoms with Gasteiger partial charge in [-0.2, -0.15) is 5.10 Å². The number of amides is 1. The lowest BCUT2D eigenvalue weighted by Gasteiger charge is -2.10. The smallest absolute Gasteiger partial charge is 0.253 e. The third-order valence-electron chi connectivity index (χ3n) is 4.83. The summed E-state index contributed by atoms with van der Waals surface area (Å²) in [5, 5.41) is 8.06. The van der Waals surface area contributed by atoms with Crippen LogP contribution in [0, 0.1) is 6.92 Å². The standard InChI is InChI=1S/C22H21N5O2/c1-14-6-19(29-3)4-5-20(14)16-8-18(12-23-11-16)22(28)25-10-15-7-17-13-26-27(2)21(17)24-9-15/h4-9,11-13H,10H2,1-3H3,(H,25,28). The molecule has 0 aliphatic rings. The van der Waals surface area contributed by atoms with Crippen molar-refractivity contribution >= 4 is 16.9 Å². The molecule has 3 heterocycles. The van der Waals surface area contributed by atoms with Gasteiger partial charge in [0.25, 0.3) is 5.91 Å². The highest BCUT2D eigenvalue weighted by Crippen LogP contribution is 2.27. The van der Waals surface area contributed by atoms with Crippen molar-refractivity contribution in [2.45, 2.75) is 13.5 Å². The molecule has 0 aliphatic heterocycles. The van der Waals surface area contributed by atoms with Crippen LogP contribution in [0.5, 0.6) is 5.75 Å². The van der Waals surface area contributed by atoms with Gasteiger partial charge in [0.05, 0.1) is 18.9 Å². The maximum Gasteiger partial charge on any atom is 0.253 e. The fraction of sp³-hybridized carbons (Fsp3) is 0.182. The summed E-state index contributed by atoms with van der Waals surface area (Å²) in [6.45, 7) is 2.38. The van der Waals surface area contributed by atoms with E-state index in [2.05, 4.69) is 20.4 Å². The van der Waals surface area contributed by atoms with E-state index < -0.39 is 0 Å². The molecule has 0 atom stereocenters. The summed E-state index contributed by atoms with van der Waals surface area (Å²) >= 11 is 0. The van der Waals surface area contributed by atoms with E-state index in [0.717, 1.165) is 39.0 Å². The number of pyridine rings is 2. The van der Waals surface area contributed by atoms with Crippen LogP contribution in [-0.4, -0.2) is 32.8 Å². The van der Waals surface area contributed by atoms with Crippen molar-refractivity contribution in [1.29, 1.82) is 0 Å². The van der Waals surface area contributed by atoms with Crippen LogP contribution in [0.3, 0.4) is 0 Å². The Hall–Kier alpha value is -3.74. The molecule has 0 saturated carbocycles. The highest BCUT2D eigenvalue weighted by Gasteiger charge is 2.11. The minimum atomic E-state index is -0.184. The molecular weight excluding hydrogens is 366 g/mol. The molecule has 1 aromatic carbocycles. The van der Waals surface area contributed by atoms with E-state index in [0.29, 0.717) is 12.1 Å². The quantitative estimate of drug-likeness (QED) is 0.568. The number of aromatic nitrogens is 4. The number of carbonyl (C=O) groups excluding carboxylic acids is 1. The van der Waals surface area contributed by atoms with Crippen LogP contribution in [0.4, 0.5) is 0 Å². The predicted octanol–water partition coefficient (Wildman–Crippen LogP) is 3.28. The SMILES string of the molecule is COc1ccc(-c2cncc(C(=O)NCc3cnc4c(cnn4C)c3)c2)c(C)c1. The van der Waals surface area contributed by atoms with Crippen LogP contribution >= 0.6 is 0 Å². The normalized spacial score (nSPS) is 10.9. The topological polar surface area (TPSA) is 81.9 Å². The molecule has 7 heteroatoms. The van der Waals surface area contributed by atoms with Gasteiger partial charge in [-0.1, -0.05) is 6.07 Å². The molecular formula is C22H21N5O2. The molecule has 0 saturated heterocycles. The van der Waals surface area contributed by atoms with Gasteiger partial charge in [0, 0.05) is 43.1 Å². The molecule has 7 nitrogen and oxygen atoms in total. The number of fused-ring (bicyclic) bond motifs is 1. The van der Waals surface area contributed by atoms with Crippen LogP contribution < -0.4 is 10.1 Å². The Morgan fingerprint density at radius 3 is 2.79 bits per heavy atom. The minimum absolute atomic E-state index is 0.184. The maximum atomic E-state index is 12.6. The van der Waals surface area contributed by atoms with E-state index in [-0.39, 0.29) is 5.91 Å². The van der Waals surface area contributed by atoms with Gasteiger partial charge >= 0.3 is 0 Å². The summed E-state index contributed by atoms with van der Waals surface area (Å²) in [6, 6.07) is 9.66. The van der Waals surface area contributed by atoms with Crippen LogP contribution in [0.15, 0.2) is 55.1 Å². The molecule has 4 rings (SSSR count). The van der Waals surface area contributed by atoms with Crippen molar-refractivity contribution in [2.24, 2.45) is 7.05 Å². The number of nitrogens with one attached hydrogen (secondary N) is 1. The van der Waals surface area contributed by atoms with Crippen molar-refractivity contribution in [3.63, 3.8) is 0 Å². The van der Waals surface area contributed by atoms with E-state index in [1.54, 1.807) is 36.6 Å². The van der Waals surface area contributed by atoms with E-state index in [4.69, 9.17) is 4.74 Å². The van der Waals surface area contributed by atoms with Crippen LogP contribution in [-0.2, 0) is 13.6 Å². The molecule has 0 aliphatic carbocycles. The number of rotatable bonds is 5. The van der Waals surface area contributed by atoms with Gasteiger partial charge in [-0.3, -0.25) is 14.5 Å². The van der Waals surface area contributed by atoms with Crippen molar-refractivity contribution in [1.82, 2.24) is 25.1 Å². The zero-order valence-corrected chi connectivity index (χ0v) is 16.5. The van der Waals surface area contributed by atoms with E-state index in [1.807, 2.05) is 44.3 Å². The summed E-state index contributed by atoms with van der Waals surface area (Å²) in [5.41, 5.74) is 5.18. The van der Waals surface area contributed by atoms with Crippen LogP contribution in [0.2, 0.25) is 0 Å². The Labute approximate surface area is 168 Å². The third kappa shape index (κ3) is 3.80. The lowest BCUT2D eigenvalue weighted by Crippen LogP contribution is -2.23. The molecule has 1 amide bonds. The van der Waals surface area contributed by atoms with Crippen molar-refractivity contribution in [2.75, 3.05) is 7.11 Å². The van der Waals surface area contributed by atoms with Gasteiger partial charge in [-0.25, -0.2) is 4.98 Å². The maximum absolute atomic E-state index is 12.6. The first kappa shape index (κ1) is 18.6. The highest BCUT2D eigenvalue weighted by molar-refractivity contribution is 5.95. The van der Waals surface area contributed by atoms with Gasteiger partial charge in [0.2, 0.25) is 0 Å². The molecule has 0 fully saturated rings. The predicted molar refractivity (Wildman–Crippen MR) is 111 cm³/mol. The van der Waals surface area contributed by atoms with Gasteiger partial charge in [-0.15, -0.1) is 0 Å². The average molecular weight is 387 g/mol. The second-order valence-electron chi connectivity index (χ2n) is 6.85. The van der Waals surface area contributed by atoms with E-state index in [1.165, 1.54) is 0 Å². The number of aryl methyl sites for hydroxylation is 2. The zero-order valence-electron chi connectivity index (χ0n) is 16.5. The summed E-state index contributed by atoms with van der Waals surface area (Å²) < 4.78 is 6.98. The highest BCUT2D eigenvalue weighted by atomic mass is 16.5. The summed E-state index contributed by atoms with van der Waals surface area (Å²) in [5.74, 6) is 0.615. The number of hydrogen-bond donors (Lipinski definition) is 1. The Bertz CT molecular complexity index is 1200. The average Bonchev–Trinajstić information content (AvgIpc) is 3.12. The molecule has 0 spiro atoms. The van der Waals surface area contributed by atoms with Gasteiger partial charge in [0.1, 0.15) is 5.75 Å². The summed E-state index contributed by atoms with van der Waals surface area (Å²) in [6.07, 6.45) is 6.84. The van der Waals surface area contributed by atoms with Gasteiger partial charge in [-0.05, 0) is 47.9 Å². The Balaban J connectivity index is 1.50. The van der Waals surface area contributed by atoms with Crippen molar-refractivity contribution in [3.05, 3.63) is 71.8 Å². The molecule has 0 unspecified atom stereocenters. The summed E-state index contributed by atoms with van der Waals surface area (Å²) in [7, 11) is 3.49. The van der Waals surface area contributed by atoms with E-state index in [9.17, 15) is 4.79 Å². The first-order valence-electron chi connectivity index (χ1n) is 9.20. The Morgan fingerprint density at radius 2 is 2.00 bits per heavy atom. The molecule has 0 radical (unpaired) electrons. The lowest BCUT2D eigenvalue weighted by atomic mass is 10.0. The second-order valence-corrected chi connectivity index (χ2v) is 6.85. The fourth-order valence-corrected chi connectivity index (χ4v) is 3.27. The van der Waals surface area contributed by atoms with Crippen molar-refractivity contribution in [3.8, 4) is 16.9 Å². The molecule has 146 valence electrons. The molecule has 29 heavy (non-hydrogen) atoms. The fourth-order valence-electron chi connectivity index (χ4n) is 3.27. The van der Waals surface area contributed by atoms with Crippen LogP contribution in [0.25, 0.3) is 22.2 Å². The first-order valence-corrected chi connectivity index (χ1v) is 9.20. The second kappa shape index (κ2) is 7.71. The lowest BCUT2D eigenvalue weighted by molar-refractivity contribution is 0.0950. The number of hydrogen-bond acceptors (Lipinski definition) is 5. The number of methoxy groups -OCH3 is 1. The number of benzene rings is 1. The molecule has 4 aromatic rings. The monoisotopic (exact) mass is 387 g/mol. The third-order valence-corrected chi connectivity index (χ3v) is 4.83. The van der Waals surface area contributed by atoms with E-state index >= 15 is 0 Å². The minimum Gasteiger partial charge on any atom is -0.497 e. The Morgan fingerprint density at radius 1 is 1.14 bits per heavy atom. The zero-order chi connectivity index (χ0) is 20.4. The Kier molecular flexibility index (Phi) is 4.95. The van der Waals surface area contributed by atoms with Gasteiger partial charge in [0.15, 0.2) is 5.65 Å². The number of nitrogens with zero attached hydrogens (tertiary/aromatic N) is 4. The number of ether oxygens (including phenoxy) is 1. The first-order chi connectivity index (χ1) is 14.0. The molecule has 1 N–H and O–H groups in total. The molecule has 0 bridgehead atoms. The van der Waals surface area contributed by atoms with Crippen molar-refractivity contribution < 1.29 is 9.53 Å². The summed E-state index contributed by atoms with van der Waals surface area (Å²) in [4.78, 5) is 21.3. The largest absolute Gasteiger partial charge is 0.497 e.